The molecule has 0 aromatic heterocycles. The van der Waals surface area contributed by atoms with Gasteiger partial charge in [-0.2, -0.15) is 5.26 Å². The molecule has 0 N–H and O–H groups in total. The zero-order valence-corrected chi connectivity index (χ0v) is 6.42. The molecular formula is C7H8N2O2. The minimum absolute atomic E-state index is 0.186. The molecule has 0 saturated carbocycles. The van der Waals surface area contributed by atoms with Gasteiger partial charge in [0, 0.05) is 6.92 Å². The lowest BCUT2D eigenvalue weighted by Crippen LogP contribution is -2.31. The lowest BCUT2D eigenvalue weighted by atomic mass is 10.1. The fraction of sp³-hybridized carbons (Fsp3) is 0.571. The highest BCUT2D eigenvalue weighted by molar-refractivity contribution is 5.86. The Morgan fingerprint density at radius 3 is 2.73 bits per heavy atom. The summed E-state index contributed by atoms with van der Waals surface area (Å²) in [7, 11) is 0. The molecule has 1 unspecified atom stereocenters. The second kappa shape index (κ2) is 3.58. The number of rotatable bonds is 2. The monoisotopic (exact) mass is 152 g/mol. The Balaban J connectivity index is 4.45. The predicted molar refractivity (Wildman–Crippen MR) is 37.3 cm³/mol. The van der Waals surface area contributed by atoms with E-state index in [2.05, 4.69) is 9.58 Å². The van der Waals surface area contributed by atoms with Crippen LogP contribution in [0.3, 0.4) is 0 Å². The molecule has 0 spiro atoms. The van der Waals surface area contributed by atoms with E-state index in [9.17, 15) is 4.79 Å². The van der Waals surface area contributed by atoms with Gasteiger partial charge in [0.1, 0.15) is 0 Å². The summed E-state index contributed by atoms with van der Waals surface area (Å²) in [5.74, 6) is -0.780. The SMILES string of the molecule is [C-]#[N+]C(C)(C#N)C(=O)OCC. The molecule has 0 aliphatic carbocycles. The van der Waals surface area contributed by atoms with Gasteiger partial charge in [-0.05, 0) is 6.92 Å². The number of hydrogen-bond donors (Lipinski definition) is 0. The second-order valence-corrected chi connectivity index (χ2v) is 2.02. The Labute approximate surface area is 65.2 Å². The number of hydrogen-bond acceptors (Lipinski definition) is 3. The van der Waals surface area contributed by atoms with E-state index in [0.29, 0.717) is 0 Å². The molecule has 0 aliphatic heterocycles. The summed E-state index contributed by atoms with van der Waals surface area (Å²) in [5.41, 5.74) is -1.67. The summed E-state index contributed by atoms with van der Waals surface area (Å²) in [5, 5.41) is 8.42. The largest absolute Gasteiger partial charge is 0.459 e. The van der Waals surface area contributed by atoms with Gasteiger partial charge in [0.25, 0.3) is 0 Å². The zero-order valence-electron chi connectivity index (χ0n) is 6.42. The van der Waals surface area contributed by atoms with Crippen LogP contribution in [0, 0.1) is 17.9 Å². The molecule has 4 nitrogen and oxygen atoms in total. The van der Waals surface area contributed by atoms with Gasteiger partial charge in [-0.3, -0.25) is 4.85 Å². The minimum atomic E-state index is -1.67. The number of esters is 1. The Bertz CT molecular complexity index is 220. The molecule has 0 fully saturated rings. The van der Waals surface area contributed by atoms with E-state index in [-0.39, 0.29) is 6.61 Å². The Hall–Kier alpha value is -1.55. The van der Waals surface area contributed by atoms with Crippen LogP contribution in [0.25, 0.3) is 4.85 Å². The van der Waals surface area contributed by atoms with Gasteiger partial charge >= 0.3 is 11.5 Å². The molecule has 0 aromatic carbocycles. The van der Waals surface area contributed by atoms with Crippen LogP contribution in [0.2, 0.25) is 0 Å². The summed E-state index contributed by atoms with van der Waals surface area (Å²) < 4.78 is 4.51. The van der Waals surface area contributed by atoms with Gasteiger partial charge in [0.15, 0.2) is 6.07 Å². The van der Waals surface area contributed by atoms with E-state index in [0.717, 1.165) is 0 Å². The summed E-state index contributed by atoms with van der Waals surface area (Å²) >= 11 is 0. The second-order valence-electron chi connectivity index (χ2n) is 2.02. The van der Waals surface area contributed by atoms with Crippen molar-refractivity contribution in [2.24, 2.45) is 0 Å². The van der Waals surface area contributed by atoms with Gasteiger partial charge in [-0.25, -0.2) is 11.4 Å². The number of carbonyl (C=O) groups excluding carboxylic acids is 1. The number of nitriles is 1. The van der Waals surface area contributed by atoms with Crippen LogP contribution in [0.4, 0.5) is 0 Å². The number of carbonyl (C=O) groups is 1. The smallest absolute Gasteiger partial charge is 0.408 e. The quantitative estimate of drug-likeness (QED) is 0.433. The molecule has 0 amide bonds. The predicted octanol–water partition coefficient (Wildman–Crippen LogP) is 0.751. The van der Waals surface area contributed by atoms with Gasteiger partial charge in [0.2, 0.25) is 0 Å². The van der Waals surface area contributed by atoms with Gasteiger partial charge in [-0.15, -0.1) is 0 Å². The van der Waals surface area contributed by atoms with Crippen molar-refractivity contribution in [3.8, 4) is 6.07 Å². The molecule has 1 atom stereocenters. The third kappa shape index (κ3) is 1.94. The van der Waals surface area contributed by atoms with E-state index in [1.54, 1.807) is 13.0 Å². The molecule has 0 heterocycles. The highest BCUT2D eigenvalue weighted by Crippen LogP contribution is 2.10. The molecule has 4 heteroatoms. The first-order valence-corrected chi connectivity index (χ1v) is 3.07. The van der Waals surface area contributed by atoms with Crippen molar-refractivity contribution in [1.29, 1.82) is 5.26 Å². The first-order valence-electron chi connectivity index (χ1n) is 3.07. The van der Waals surface area contributed by atoms with Crippen LogP contribution in [0.1, 0.15) is 13.8 Å². The fourth-order valence-corrected chi connectivity index (χ4v) is 0.388. The lowest BCUT2D eigenvalue weighted by Gasteiger charge is -2.05. The maximum atomic E-state index is 10.9. The van der Waals surface area contributed by atoms with Crippen molar-refractivity contribution >= 4 is 5.97 Å². The first kappa shape index (κ1) is 9.45. The van der Waals surface area contributed by atoms with E-state index in [1.807, 2.05) is 0 Å². The van der Waals surface area contributed by atoms with Gasteiger partial charge < -0.3 is 4.74 Å². The van der Waals surface area contributed by atoms with E-state index in [1.165, 1.54) is 6.92 Å². The molecule has 0 bridgehead atoms. The molecule has 58 valence electrons. The Kier molecular flexibility index (Phi) is 3.07. The third-order valence-electron chi connectivity index (χ3n) is 1.11. The van der Waals surface area contributed by atoms with Crippen molar-refractivity contribution in [3.05, 3.63) is 11.4 Å². The van der Waals surface area contributed by atoms with Crippen molar-refractivity contribution in [2.75, 3.05) is 6.61 Å². The first-order chi connectivity index (χ1) is 5.10. The van der Waals surface area contributed by atoms with Crippen molar-refractivity contribution < 1.29 is 9.53 Å². The number of nitrogens with zero attached hydrogens (tertiary/aromatic N) is 2. The fourth-order valence-electron chi connectivity index (χ4n) is 0.388. The summed E-state index contributed by atoms with van der Waals surface area (Å²) in [4.78, 5) is 13.7. The average molecular weight is 152 g/mol. The molecule has 0 saturated heterocycles. The molecule has 0 aliphatic rings. The summed E-state index contributed by atoms with van der Waals surface area (Å²) in [6.07, 6.45) is 0. The maximum Gasteiger partial charge on any atom is 0.408 e. The lowest BCUT2D eigenvalue weighted by molar-refractivity contribution is -0.145. The summed E-state index contributed by atoms with van der Waals surface area (Å²) in [6.45, 7) is 9.61. The van der Waals surface area contributed by atoms with Crippen LogP contribution in [-0.2, 0) is 9.53 Å². The van der Waals surface area contributed by atoms with E-state index in [4.69, 9.17) is 11.8 Å². The van der Waals surface area contributed by atoms with Crippen molar-refractivity contribution in [1.82, 2.24) is 0 Å². The third-order valence-corrected chi connectivity index (χ3v) is 1.11. The van der Waals surface area contributed by atoms with Crippen LogP contribution in [0.15, 0.2) is 0 Å². The zero-order chi connectivity index (χ0) is 8.91. The highest BCUT2D eigenvalue weighted by atomic mass is 16.5. The normalized spacial score (nSPS) is 13.8. The van der Waals surface area contributed by atoms with Crippen molar-refractivity contribution in [3.63, 3.8) is 0 Å². The van der Waals surface area contributed by atoms with Gasteiger partial charge in [-0.1, -0.05) is 0 Å². The average Bonchev–Trinajstić information content (AvgIpc) is 2.03. The Morgan fingerprint density at radius 2 is 2.45 bits per heavy atom. The van der Waals surface area contributed by atoms with E-state index < -0.39 is 11.5 Å². The van der Waals surface area contributed by atoms with Crippen LogP contribution >= 0.6 is 0 Å². The van der Waals surface area contributed by atoms with Gasteiger partial charge in [0.05, 0.1) is 6.61 Å². The minimum Gasteiger partial charge on any atom is -0.459 e. The standard InChI is InChI=1S/C7H8N2O2/c1-4-11-6(10)7(2,5-8)9-3/h4H2,1-2H3. The number of ether oxygens (including phenoxy) is 1. The highest BCUT2D eigenvalue weighted by Gasteiger charge is 2.41. The molecule has 0 aromatic rings. The van der Waals surface area contributed by atoms with Crippen LogP contribution < -0.4 is 0 Å². The molecule has 11 heavy (non-hydrogen) atoms. The van der Waals surface area contributed by atoms with Crippen LogP contribution in [-0.4, -0.2) is 18.1 Å². The summed E-state index contributed by atoms with van der Waals surface area (Å²) in [6, 6.07) is 1.58. The molecule has 0 radical (unpaired) electrons. The van der Waals surface area contributed by atoms with Crippen molar-refractivity contribution in [2.45, 2.75) is 19.4 Å². The van der Waals surface area contributed by atoms with Crippen LogP contribution in [0.5, 0.6) is 0 Å². The van der Waals surface area contributed by atoms with E-state index >= 15 is 0 Å². The Morgan fingerprint density at radius 1 is 1.91 bits per heavy atom. The molecule has 0 rings (SSSR count). The topological polar surface area (TPSA) is 54.5 Å². The molecular weight excluding hydrogens is 144 g/mol. The maximum absolute atomic E-state index is 10.9.